The fourth-order valence-electron chi connectivity index (χ4n) is 5.95. The number of ketones is 1. The van der Waals surface area contributed by atoms with Gasteiger partial charge in [0.15, 0.2) is 5.78 Å². The average molecular weight is 671 g/mol. The zero-order valence-electron chi connectivity index (χ0n) is 26.3. The third-order valence-corrected chi connectivity index (χ3v) is 9.16. The van der Waals surface area contributed by atoms with Gasteiger partial charge in [-0.05, 0) is 93.9 Å². The molecule has 0 amide bonds. The second-order valence-corrected chi connectivity index (χ2v) is 13.0. The van der Waals surface area contributed by atoms with Crippen LogP contribution in [0.25, 0.3) is 10.9 Å². The molecule has 6 rings (SSSR count). The van der Waals surface area contributed by atoms with E-state index >= 15 is 0 Å². The van der Waals surface area contributed by atoms with Crippen LogP contribution >= 0.6 is 23.2 Å². The molecule has 0 spiro atoms. The number of carbonyl (C=O) groups excluding carboxylic acids is 1. The number of hydrogen-bond donors (Lipinski definition) is 2. The Bertz CT molecular complexity index is 1820. The number of carbonyl (C=O) groups is 1. The maximum atomic E-state index is 13.4. The van der Waals surface area contributed by atoms with Crippen molar-refractivity contribution in [3.63, 3.8) is 0 Å². The van der Waals surface area contributed by atoms with E-state index in [2.05, 4.69) is 33.6 Å². The van der Waals surface area contributed by atoms with Crippen molar-refractivity contribution in [3.8, 4) is 17.6 Å². The van der Waals surface area contributed by atoms with Crippen molar-refractivity contribution < 1.29 is 14.3 Å². The first-order valence-electron chi connectivity index (χ1n) is 15.9. The maximum absolute atomic E-state index is 13.4. The minimum absolute atomic E-state index is 0.0364. The highest BCUT2D eigenvalue weighted by Gasteiger charge is 2.22. The summed E-state index contributed by atoms with van der Waals surface area (Å²) >= 11 is 12.6. The molecule has 0 aliphatic carbocycles. The summed E-state index contributed by atoms with van der Waals surface area (Å²) in [5, 5.41) is 18.6. The molecule has 0 saturated carbocycles. The lowest BCUT2D eigenvalue weighted by Gasteiger charge is -2.30. The Labute approximate surface area is 285 Å². The van der Waals surface area contributed by atoms with Crippen LogP contribution in [0.4, 0.5) is 11.4 Å². The Morgan fingerprint density at radius 2 is 1.85 bits per heavy atom. The van der Waals surface area contributed by atoms with Gasteiger partial charge in [-0.2, -0.15) is 5.26 Å². The van der Waals surface area contributed by atoms with Crippen LogP contribution in [0, 0.1) is 11.3 Å². The number of nitrogens with one attached hydrogen (secondary N) is 2. The molecule has 8 nitrogen and oxygen atoms in total. The van der Waals surface area contributed by atoms with E-state index in [0.717, 1.165) is 68.4 Å². The van der Waals surface area contributed by atoms with Gasteiger partial charge in [-0.15, -0.1) is 0 Å². The number of anilines is 2. The highest BCUT2D eigenvalue weighted by Crippen LogP contribution is 2.37. The van der Waals surface area contributed by atoms with Crippen LogP contribution in [0.15, 0.2) is 72.4 Å². The minimum Gasteiger partial charge on any atom is -0.490 e. The van der Waals surface area contributed by atoms with Crippen LogP contribution in [0.1, 0.15) is 42.4 Å². The van der Waals surface area contributed by atoms with Crippen LogP contribution in [0.5, 0.6) is 11.5 Å². The monoisotopic (exact) mass is 669 g/mol. The summed E-state index contributed by atoms with van der Waals surface area (Å²) in [5.41, 5.74) is 5.20. The molecule has 2 N–H and O–H groups in total. The van der Waals surface area contributed by atoms with E-state index in [1.54, 1.807) is 24.4 Å². The number of aromatic nitrogens is 1. The number of pyridine rings is 1. The molecule has 0 bridgehead atoms. The fourth-order valence-corrected chi connectivity index (χ4v) is 6.32. The van der Waals surface area contributed by atoms with Crippen LogP contribution in [-0.4, -0.2) is 55.0 Å². The highest BCUT2D eigenvalue weighted by molar-refractivity contribution is 6.32. The van der Waals surface area contributed by atoms with Gasteiger partial charge in [0.1, 0.15) is 30.3 Å². The number of benzene rings is 3. The van der Waals surface area contributed by atoms with E-state index in [1.165, 1.54) is 5.57 Å². The number of fused-ring (bicyclic) bond motifs is 1. The van der Waals surface area contributed by atoms with Gasteiger partial charge in [0.25, 0.3) is 0 Å². The number of hydrogen-bond acceptors (Lipinski definition) is 8. The quantitative estimate of drug-likeness (QED) is 0.166. The summed E-state index contributed by atoms with van der Waals surface area (Å²) < 4.78 is 12.5. The molecule has 3 heterocycles. The smallest absolute Gasteiger partial charge is 0.160 e. The number of halogens is 2. The van der Waals surface area contributed by atoms with E-state index < -0.39 is 0 Å². The van der Waals surface area contributed by atoms with Gasteiger partial charge < -0.3 is 25.0 Å². The predicted octanol–water partition coefficient (Wildman–Crippen LogP) is 7.63. The molecular weight excluding hydrogens is 633 g/mol. The minimum atomic E-state index is 0.0364. The summed E-state index contributed by atoms with van der Waals surface area (Å²) in [7, 11) is 2.12. The van der Waals surface area contributed by atoms with Crippen molar-refractivity contribution in [1.82, 2.24) is 15.2 Å². The van der Waals surface area contributed by atoms with E-state index in [-0.39, 0.29) is 18.3 Å². The lowest BCUT2D eigenvalue weighted by atomic mass is 9.98. The van der Waals surface area contributed by atoms with Gasteiger partial charge in [-0.3, -0.25) is 9.78 Å². The van der Waals surface area contributed by atoms with Crippen LogP contribution in [0.3, 0.4) is 0 Å². The first-order chi connectivity index (χ1) is 22.8. The van der Waals surface area contributed by atoms with Crippen molar-refractivity contribution in [2.45, 2.75) is 44.8 Å². The van der Waals surface area contributed by atoms with E-state index in [0.29, 0.717) is 50.6 Å². The van der Waals surface area contributed by atoms with Gasteiger partial charge in [-0.1, -0.05) is 40.9 Å². The molecule has 3 aromatic carbocycles. The van der Waals surface area contributed by atoms with Crippen molar-refractivity contribution in [3.05, 3.63) is 99.2 Å². The second-order valence-electron chi connectivity index (χ2n) is 12.1. The summed E-state index contributed by atoms with van der Waals surface area (Å²) in [6, 6.07) is 19.0. The zero-order valence-corrected chi connectivity index (χ0v) is 27.8. The third kappa shape index (κ3) is 8.43. The third-order valence-electron chi connectivity index (χ3n) is 8.61. The molecule has 0 unspecified atom stereocenters. The summed E-state index contributed by atoms with van der Waals surface area (Å²) in [6.45, 7) is 4.03. The van der Waals surface area contributed by atoms with Crippen LogP contribution in [0.2, 0.25) is 10.0 Å². The van der Waals surface area contributed by atoms with Crippen molar-refractivity contribution in [2.75, 3.05) is 38.5 Å². The molecule has 2 aliphatic heterocycles. The highest BCUT2D eigenvalue weighted by atomic mass is 35.5. The molecule has 2 aliphatic rings. The number of piperidine rings is 2. The van der Waals surface area contributed by atoms with Crippen molar-refractivity contribution >= 4 is 51.3 Å². The van der Waals surface area contributed by atoms with Gasteiger partial charge in [0, 0.05) is 53.4 Å². The first kappa shape index (κ1) is 32.8. The van der Waals surface area contributed by atoms with Gasteiger partial charge >= 0.3 is 0 Å². The van der Waals surface area contributed by atoms with Crippen LogP contribution in [-0.2, 0) is 17.8 Å². The van der Waals surface area contributed by atoms with E-state index in [4.69, 9.17) is 32.7 Å². The molecule has 4 aromatic rings. The largest absolute Gasteiger partial charge is 0.490 e. The number of allylic oxidation sites excluding steroid dienone is 1. The predicted molar refractivity (Wildman–Crippen MR) is 187 cm³/mol. The maximum Gasteiger partial charge on any atom is 0.160 e. The van der Waals surface area contributed by atoms with Gasteiger partial charge in [0.05, 0.1) is 21.8 Å². The van der Waals surface area contributed by atoms with Crippen molar-refractivity contribution in [1.29, 1.82) is 5.26 Å². The molecule has 0 radical (unpaired) electrons. The summed E-state index contributed by atoms with van der Waals surface area (Å²) in [5.74, 6) is 1.23. The Morgan fingerprint density at radius 3 is 2.57 bits per heavy atom. The summed E-state index contributed by atoms with van der Waals surface area (Å²) in [6.07, 6.45) is 7.17. The Balaban J connectivity index is 1.30. The fraction of sp³-hybridized carbons (Fsp3) is 0.324. The van der Waals surface area contributed by atoms with E-state index in [9.17, 15) is 10.1 Å². The Morgan fingerprint density at radius 1 is 1.09 bits per heavy atom. The molecule has 2 saturated heterocycles. The summed E-state index contributed by atoms with van der Waals surface area (Å²) in [4.78, 5) is 20.3. The average Bonchev–Trinajstić information content (AvgIpc) is 3.07. The molecule has 0 atom stereocenters. The van der Waals surface area contributed by atoms with Crippen molar-refractivity contribution in [2.24, 2.45) is 0 Å². The lowest BCUT2D eigenvalue weighted by Crippen LogP contribution is -2.35. The van der Waals surface area contributed by atoms with Gasteiger partial charge in [-0.25, -0.2) is 0 Å². The molecule has 10 heteroatoms. The number of ether oxygens (including phenoxy) is 2. The Hall–Kier alpha value is -4.13. The lowest BCUT2D eigenvalue weighted by molar-refractivity contribution is -0.114. The Kier molecular flexibility index (Phi) is 10.6. The SMILES string of the molecule is CN1CCC(Oc2cc3ncc(C#N)c(Nc4ccc(OCc5ccc(Cl)cc5)c(Cl)c4)c3cc2CC(=O)C=C2CCNCC2)CC1. The van der Waals surface area contributed by atoms with Gasteiger partial charge in [0.2, 0.25) is 0 Å². The molecular formula is C37H37Cl2N5O3. The topological polar surface area (TPSA) is 99.5 Å². The first-order valence-corrected chi connectivity index (χ1v) is 16.7. The van der Waals surface area contributed by atoms with Crippen LogP contribution < -0.4 is 20.1 Å². The number of likely N-dealkylation sites (tertiary alicyclic amines) is 1. The molecule has 242 valence electrons. The zero-order chi connectivity index (χ0) is 32.8. The molecule has 1 aromatic heterocycles. The normalized spacial score (nSPS) is 15.7. The number of nitrogens with zero attached hydrogens (tertiary/aromatic N) is 3. The standard InChI is InChI=1S/C37H37Cl2N5O3/c1-44-14-10-31(11-15-44)47-36-20-34-32(18-26(36)17-30(45)16-24-8-12-41-13-9-24)37(27(21-40)22-42-34)43-29-6-7-35(33(39)19-29)46-23-25-2-4-28(38)5-3-25/h2-7,16,18-20,22,31,41H,8-15,17,23H2,1H3,(H,42,43). The second kappa shape index (κ2) is 15.2. The molecule has 47 heavy (non-hydrogen) atoms. The number of rotatable bonds is 10. The molecule has 2 fully saturated rings. The van der Waals surface area contributed by atoms with E-state index in [1.807, 2.05) is 42.5 Å². The number of nitriles is 1.